The molecule has 0 saturated carbocycles. The van der Waals surface area contributed by atoms with Gasteiger partial charge in [-0.15, -0.1) is 22.7 Å². The van der Waals surface area contributed by atoms with E-state index in [1.54, 1.807) is 0 Å². The third kappa shape index (κ3) is 4.05. The van der Waals surface area contributed by atoms with Crippen LogP contribution < -0.4 is 0 Å². The van der Waals surface area contributed by atoms with E-state index in [4.69, 9.17) is 4.74 Å². The molecule has 0 spiro atoms. The van der Waals surface area contributed by atoms with E-state index in [0.29, 0.717) is 0 Å². The minimum atomic E-state index is -0.0927. The second-order valence-electron chi connectivity index (χ2n) is 6.49. The Hall–Kier alpha value is -1.43. The van der Waals surface area contributed by atoms with E-state index in [2.05, 4.69) is 47.7 Å². The first-order chi connectivity index (χ1) is 12.1. The maximum Gasteiger partial charge on any atom is 0.323 e. The van der Waals surface area contributed by atoms with Gasteiger partial charge in [0.25, 0.3) is 0 Å². The molecule has 1 aliphatic rings. The molecule has 0 aliphatic carbocycles. The van der Waals surface area contributed by atoms with Gasteiger partial charge in [0.1, 0.15) is 6.04 Å². The van der Waals surface area contributed by atoms with Gasteiger partial charge in [0.2, 0.25) is 0 Å². The molecule has 5 heteroatoms. The van der Waals surface area contributed by atoms with Gasteiger partial charge in [-0.05, 0) is 73.7 Å². The number of carbonyl (C=O) groups is 1. The first kappa shape index (κ1) is 18.4. The summed E-state index contributed by atoms with van der Waals surface area (Å²) in [4.78, 5) is 16.9. The molecular formula is C20H25NO2S2. The number of nitrogens with zero attached hydrogens (tertiary/aromatic N) is 1. The molecule has 0 amide bonds. The van der Waals surface area contributed by atoms with Crippen molar-refractivity contribution in [3.8, 4) is 0 Å². The zero-order valence-electron chi connectivity index (χ0n) is 15.1. The van der Waals surface area contributed by atoms with Crippen LogP contribution in [0.25, 0.3) is 5.57 Å². The van der Waals surface area contributed by atoms with Crippen LogP contribution in [0, 0.1) is 13.8 Å². The minimum absolute atomic E-state index is 0.0613. The second-order valence-corrected chi connectivity index (χ2v) is 8.32. The summed E-state index contributed by atoms with van der Waals surface area (Å²) in [5.74, 6) is -0.0927. The summed E-state index contributed by atoms with van der Waals surface area (Å²) in [6.45, 7) is 6.24. The van der Waals surface area contributed by atoms with Crippen molar-refractivity contribution in [1.82, 2.24) is 4.90 Å². The fraction of sp³-hybridized carbons (Fsp3) is 0.450. The van der Waals surface area contributed by atoms with Gasteiger partial charge in [0.05, 0.1) is 7.11 Å². The van der Waals surface area contributed by atoms with Crippen molar-refractivity contribution in [3.63, 3.8) is 0 Å². The van der Waals surface area contributed by atoms with E-state index in [9.17, 15) is 4.79 Å². The fourth-order valence-corrected chi connectivity index (χ4v) is 5.47. The summed E-state index contributed by atoms with van der Waals surface area (Å²) < 4.78 is 4.95. The highest BCUT2D eigenvalue weighted by molar-refractivity contribution is 7.14. The molecule has 134 valence electrons. The normalized spacial score (nSPS) is 17.6. The Balaban J connectivity index is 1.77. The van der Waals surface area contributed by atoms with E-state index < -0.39 is 0 Å². The van der Waals surface area contributed by atoms with Gasteiger partial charge >= 0.3 is 5.97 Å². The van der Waals surface area contributed by atoms with Crippen molar-refractivity contribution in [2.45, 2.75) is 39.2 Å². The molecule has 0 N–H and O–H groups in total. The molecule has 1 aliphatic heterocycles. The maximum atomic E-state index is 11.9. The number of rotatable bonds is 6. The van der Waals surface area contributed by atoms with Crippen LogP contribution in [0.4, 0.5) is 0 Å². The smallest absolute Gasteiger partial charge is 0.323 e. The molecule has 0 unspecified atom stereocenters. The molecular weight excluding hydrogens is 350 g/mol. The van der Waals surface area contributed by atoms with Gasteiger partial charge in [-0.1, -0.05) is 6.08 Å². The molecule has 3 heterocycles. The van der Waals surface area contributed by atoms with Crippen LogP contribution in [0.3, 0.4) is 0 Å². The van der Waals surface area contributed by atoms with Gasteiger partial charge in [0.15, 0.2) is 0 Å². The van der Waals surface area contributed by atoms with Gasteiger partial charge in [-0.2, -0.15) is 0 Å². The monoisotopic (exact) mass is 375 g/mol. The Bertz CT molecular complexity index is 717. The van der Waals surface area contributed by atoms with E-state index in [0.717, 1.165) is 32.4 Å². The molecule has 1 fully saturated rings. The van der Waals surface area contributed by atoms with Crippen LogP contribution in [-0.4, -0.2) is 37.1 Å². The summed E-state index contributed by atoms with van der Waals surface area (Å²) in [5.41, 5.74) is 4.00. The lowest BCUT2D eigenvalue weighted by Gasteiger charge is -2.21. The van der Waals surface area contributed by atoms with Crippen LogP contribution >= 0.6 is 22.7 Å². The van der Waals surface area contributed by atoms with Crippen LogP contribution in [-0.2, 0) is 9.53 Å². The molecule has 2 aromatic rings. The van der Waals surface area contributed by atoms with Gasteiger partial charge in [0, 0.05) is 21.9 Å². The number of ether oxygens (including phenoxy) is 1. The fourth-order valence-electron chi connectivity index (χ4n) is 3.46. The molecule has 3 nitrogen and oxygen atoms in total. The molecule has 25 heavy (non-hydrogen) atoms. The van der Waals surface area contributed by atoms with E-state index in [-0.39, 0.29) is 12.0 Å². The van der Waals surface area contributed by atoms with Gasteiger partial charge in [-0.3, -0.25) is 9.69 Å². The Morgan fingerprint density at radius 3 is 2.40 bits per heavy atom. The molecule has 0 aromatic carbocycles. The lowest BCUT2D eigenvalue weighted by molar-refractivity contribution is -0.145. The second kappa shape index (κ2) is 8.30. The van der Waals surface area contributed by atoms with Gasteiger partial charge < -0.3 is 4.74 Å². The SMILES string of the molecule is COC(=O)[C@@H]1CCCN1CCC=C(c1sccc1C)c1sccc1C. The molecule has 1 saturated heterocycles. The number of esters is 1. The highest BCUT2D eigenvalue weighted by atomic mass is 32.1. The maximum absolute atomic E-state index is 11.9. The first-order valence-corrected chi connectivity index (χ1v) is 10.5. The number of hydrogen-bond acceptors (Lipinski definition) is 5. The highest BCUT2D eigenvalue weighted by Gasteiger charge is 2.30. The topological polar surface area (TPSA) is 29.5 Å². The molecule has 1 atom stereocenters. The quantitative estimate of drug-likeness (QED) is 0.674. The number of carbonyl (C=O) groups excluding carboxylic acids is 1. The lowest BCUT2D eigenvalue weighted by Crippen LogP contribution is -2.37. The summed E-state index contributed by atoms with van der Waals surface area (Å²) in [6.07, 6.45) is 5.28. The average molecular weight is 376 g/mol. The Morgan fingerprint density at radius 2 is 1.88 bits per heavy atom. The average Bonchev–Trinajstić information content (AvgIpc) is 3.33. The third-order valence-electron chi connectivity index (χ3n) is 4.82. The zero-order chi connectivity index (χ0) is 17.8. The molecule has 2 aromatic heterocycles. The van der Waals surface area contributed by atoms with Crippen molar-refractivity contribution in [2.24, 2.45) is 0 Å². The van der Waals surface area contributed by atoms with Crippen molar-refractivity contribution in [2.75, 3.05) is 20.2 Å². The minimum Gasteiger partial charge on any atom is -0.468 e. The van der Waals surface area contributed by atoms with Crippen molar-refractivity contribution < 1.29 is 9.53 Å². The van der Waals surface area contributed by atoms with Crippen molar-refractivity contribution >= 4 is 34.2 Å². The molecule has 0 radical (unpaired) electrons. The number of thiophene rings is 2. The van der Waals surface area contributed by atoms with Gasteiger partial charge in [-0.25, -0.2) is 0 Å². The number of hydrogen-bond donors (Lipinski definition) is 0. The Kier molecular flexibility index (Phi) is 6.10. The van der Waals surface area contributed by atoms with E-state index >= 15 is 0 Å². The highest BCUT2D eigenvalue weighted by Crippen LogP contribution is 2.35. The van der Waals surface area contributed by atoms with Crippen LogP contribution in [0.15, 0.2) is 29.0 Å². The zero-order valence-corrected chi connectivity index (χ0v) is 16.7. The summed E-state index contributed by atoms with van der Waals surface area (Å²) in [6, 6.07) is 4.31. The predicted molar refractivity (Wildman–Crippen MR) is 106 cm³/mol. The number of methoxy groups -OCH3 is 1. The van der Waals surface area contributed by atoms with E-state index in [1.807, 2.05) is 22.7 Å². The largest absolute Gasteiger partial charge is 0.468 e. The summed E-state index contributed by atoms with van der Waals surface area (Å²) in [7, 11) is 1.48. The predicted octanol–water partition coefficient (Wildman–Crippen LogP) is 4.89. The molecule has 0 bridgehead atoms. The van der Waals surface area contributed by atoms with E-state index in [1.165, 1.54) is 33.6 Å². The Morgan fingerprint density at radius 1 is 1.24 bits per heavy atom. The third-order valence-corrected chi connectivity index (χ3v) is 6.91. The first-order valence-electron chi connectivity index (χ1n) is 8.72. The summed E-state index contributed by atoms with van der Waals surface area (Å²) >= 11 is 3.61. The van der Waals surface area contributed by atoms with Crippen molar-refractivity contribution in [3.05, 3.63) is 49.9 Å². The van der Waals surface area contributed by atoms with Crippen LogP contribution in [0.1, 0.15) is 40.1 Å². The Labute approximate surface area is 157 Å². The van der Waals surface area contributed by atoms with Crippen LogP contribution in [0.5, 0.6) is 0 Å². The van der Waals surface area contributed by atoms with Crippen LogP contribution in [0.2, 0.25) is 0 Å². The number of likely N-dealkylation sites (tertiary alicyclic amines) is 1. The summed E-state index contributed by atoms with van der Waals surface area (Å²) in [5, 5.41) is 4.32. The van der Waals surface area contributed by atoms with Crippen molar-refractivity contribution in [1.29, 1.82) is 0 Å². The lowest BCUT2D eigenvalue weighted by atomic mass is 10.1. The molecule has 3 rings (SSSR count). The standard InChI is InChI=1S/C20H25NO2S2/c1-14-8-12-24-18(14)16(19-15(2)9-13-25-19)6-4-10-21-11-5-7-17(21)20(22)23-3/h6,8-9,12-13,17H,4-5,7,10-11H2,1-3H3/t17-/m0/s1. The number of aryl methyl sites for hydroxylation is 2.